The van der Waals surface area contributed by atoms with Crippen molar-refractivity contribution in [3.05, 3.63) is 102 Å². The van der Waals surface area contributed by atoms with Gasteiger partial charge in [-0.15, -0.1) is 0 Å². The summed E-state index contributed by atoms with van der Waals surface area (Å²) in [6.07, 6.45) is -0.329. The van der Waals surface area contributed by atoms with Crippen molar-refractivity contribution in [1.29, 1.82) is 0 Å². The molecular weight excluding hydrogens is 348 g/mol. The van der Waals surface area contributed by atoms with Crippen LogP contribution in [0.5, 0.6) is 0 Å². The molecule has 140 valence electrons. The van der Waals surface area contributed by atoms with Crippen LogP contribution in [-0.2, 0) is 4.74 Å². The Kier molecular flexibility index (Phi) is 5.20. The summed E-state index contributed by atoms with van der Waals surface area (Å²) in [5, 5.41) is 0. The van der Waals surface area contributed by atoms with E-state index in [9.17, 15) is 4.79 Å². The summed E-state index contributed by atoms with van der Waals surface area (Å²) >= 11 is 0. The van der Waals surface area contributed by atoms with Crippen LogP contribution in [0, 0.1) is 0 Å². The molecule has 4 rings (SSSR count). The Balaban J connectivity index is 1.67. The smallest absolute Gasteiger partial charge is 0.338 e. The minimum atomic E-state index is -0.329. The number of anilines is 1. The van der Waals surface area contributed by atoms with Crippen LogP contribution in [0.25, 0.3) is 0 Å². The quantitative estimate of drug-likeness (QED) is 0.649. The Bertz CT molecular complexity index is 984. The van der Waals surface area contributed by atoms with Gasteiger partial charge in [-0.05, 0) is 18.2 Å². The summed E-state index contributed by atoms with van der Waals surface area (Å²) in [5.41, 5.74) is 4.69. The third-order valence-corrected chi connectivity index (χ3v) is 4.83. The van der Waals surface area contributed by atoms with Crippen molar-refractivity contribution in [2.75, 3.05) is 25.0 Å². The zero-order valence-electron chi connectivity index (χ0n) is 15.8. The lowest BCUT2D eigenvalue weighted by Gasteiger charge is -2.29. The van der Waals surface area contributed by atoms with Crippen LogP contribution in [-0.4, -0.2) is 37.9 Å². The van der Waals surface area contributed by atoms with Crippen LogP contribution in [0.4, 0.5) is 5.69 Å². The summed E-state index contributed by atoms with van der Waals surface area (Å²) in [6, 6.07) is 27.4. The fraction of sp³-hybridized carbons (Fsp3) is 0.167. The van der Waals surface area contributed by atoms with Gasteiger partial charge < -0.3 is 9.64 Å². The van der Waals surface area contributed by atoms with Gasteiger partial charge in [0, 0.05) is 23.9 Å². The van der Waals surface area contributed by atoms with Crippen molar-refractivity contribution in [3.63, 3.8) is 0 Å². The molecule has 0 aliphatic carbocycles. The first-order chi connectivity index (χ1) is 13.7. The van der Waals surface area contributed by atoms with E-state index in [1.165, 1.54) is 0 Å². The first-order valence-corrected chi connectivity index (χ1v) is 9.39. The zero-order valence-corrected chi connectivity index (χ0v) is 15.8. The van der Waals surface area contributed by atoms with Crippen LogP contribution in [0.2, 0.25) is 0 Å². The normalized spacial score (nSPS) is 16.4. The lowest BCUT2D eigenvalue weighted by molar-refractivity contribution is 0.0337. The summed E-state index contributed by atoms with van der Waals surface area (Å²) in [4.78, 5) is 19.5. The maximum absolute atomic E-state index is 12.5. The lowest BCUT2D eigenvalue weighted by Crippen LogP contribution is -2.37. The van der Waals surface area contributed by atoms with E-state index in [-0.39, 0.29) is 12.1 Å². The highest BCUT2D eigenvalue weighted by atomic mass is 16.5. The number of fused-ring (bicyclic) bond motifs is 1. The van der Waals surface area contributed by atoms with Crippen LogP contribution < -0.4 is 4.90 Å². The molecular formula is C24H22N2O2. The Morgan fingerprint density at radius 3 is 2.32 bits per heavy atom. The van der Waals surface area contributed by atoms with Crippen LogP contribution in [0.1, 0.15) is 21.5 Å². The number of hydrogen-bond acceptors (Lipinski definition) is 4. The number of likely N-dealkylation sites (N-methyl/N-ethyl adjacent to an activating group) is 1. The van der Waals surface area contributed by atoms with Gasteiger partial charge in [0.15, 0.2) is 0 Å². The monoisotopic (exact) mass is 370 g/mol. The minimum Gasteiger partial charge on any atom is -0.455 e. The summed E-state index contributed by atoms with van der Waals surface area (Å²) in [5.74, 6) is -0.315. The van der Waals surface area contributed by atoms with Gasteiger partial charge in [0.05, 0.1) is 24.4 Å². The van der Waals surface area contributed by atoms with E-state index >= 15 is 0 Å². The largest absolute Gasteiger partial charge is 0.455 e. The Morgan fingerprint density at radius 1 is 0.929 bits per heavy atom. The number of para-hydroxylation sites is 1. The number of aliphatic imine (C=N–C) groups is 1. The number of ether oxygens (including phenoxy) is 1. The second-order valence-electron chi connectivity index (χ2n) is 6.85. The van der Waals surface area contributed by atoms with E-state index in [0.29, 0.717) is 18.7 Å². The average Bonchev–Trinajstić information content (AvgIpc) is 2.74. The van der Waals surface area contributed by atoms with Crippen molar-refractivity contribution in [2.24, 2.45) is 4.99 Å². The van der Waals surface area contributed by atoms with Crippen LogP contribution in [0.3, 0.4) is 0 Å². The van der Waals surface area contributed by atoms with E-state index in [0.717, 1.165) is 22.5 Å². The van der Waals surface area contributed by atoms with Gasteiger partial charge in [0.2, 0.25) is 0 Å². The van der Waals surface area contributed by atoms with Crippen molar-refractivity contribution < 1.29 is 9.53 Å². The molecule has 1 heterocycles. The van der Waals surface area contributed by atoms with Crippen LogP contribution >= 0.6 is 0 Å². The molecule has 4 nitrogen and oxygen atoms in total. The molecule has 1 atom stereocenters. The molecule has 3 aromatic carbocycles. The molecule has 4 heteroatoms. The Morgan fingerprint density at radius 2 is 1.57 bits per heavy atom. The first kappa shape index (κ1) is 18.0. The van der Waals surface area contributed by atoms with E-state index in [1.807, 2.05) is 55.6 Å². The minimum absolute atomic E-state index is 0.315. The SMILES string of the molecule is CN1CC(OC(=O)c2ccccc2)CN=C(c2ccccc2)c2ccccc21. The number of benzene rings is 3. The molecule has 1 unspecified atom stereocenters. The third kappa shape index (κ3) is 3.81. The molecule has 0 saturated heterocycles. The molecule has 0 N–H and O–H groups in total. The van der Waals surface area contributed by atoms with Gasteiger partial charge >= 0.3 is 5.97 Å². The van der Waals surface area contributed by atoms with E-state index in [1.54, 1.807) is 12.1 Å². The number of rotatable bonds is 3. The topological polar surface area (TPSA) is 41.9 Å². The fourth-order valence-electron chi connectivity index (χ4n) is 3.46. The Labute approximate surface area is 165 Å². The van der Waals surface area contributed by atoms with E-state index < -0.39 is 0 Å². The molecule has 0 amide bonds. The maximum Gasteiger partial charge on any atom is 0.338 e. The van der Waals surface area contributed by atoms with Gasteiger partial charge in [0.1, 0.15) is 6.10 Å². The second-order valence-corrected chi connectivity index (χ2v) is 6.85. The molecule has 1 aliphatic heterocycles. The van der Waals surface area contributed by atoms with Crippen molar-refractivity contribution in [2.45, 2.75) is 6.10 Å². The predicted octanol–water partition coefficient (Wildman–Crippen LogP) is 4.20. The highest BCUT2D eigenvalue weighted by Crippen LogP contribution is 2.25. The van der Waals surface area contributed by atoms with Gasteiger partial charge in [-0.3, -0.25) is 4.99 Å². The molecule has 1 aliphatic rings. The average molecular weight is 370 g/mol. The number of carbonyl (C=O) groups is 1. The summed E-state index contributed by atoms with van der Waals surface area (Å²) in [7, 11) is 2.02. The molecule has 28 heavy (non-hydrogen) atoms. The maximum atomic E-state index is 12.5. The fourth-order valence-corrected chi connectivity index (χ4v) is 3.46. The molecule has 0 aromatic heterocycles. The summed E-state index contributed by atoms with van der Waals surface area (Å²) < 4.78 is 5.79. The molecule has 0 radical (unpaired) electrons. The Hall–Kier alpha value is -3.40. The molecule has 3 aromatic rings. The molecule has 0 fully saturated rings. The molecule has 0 bridgehead atoms. The van der Waals surface area contributed by atoms with Crippen LogP contribution in [0.15, 0.2) is 89.9 Å². The van der Waals surface area contributed by atoms with Crippen molar-refractivity contribution in [1.82, 2.24) is 0 Å². The first-order valence-electron chi connectivity index (χ1n) is 9.39. The number of nitrogens with zero attached hydrogens (tertiary/aromatic N) is 2. The third-order valence-electron chi connectivity index (χ3n) is 4.83. The molecule has 0 saturated carbocycles. The van der Waals surface area contributed by atoms with E-state index in [4.69, 9.17) is 9.73 Å². The second kappa shape index (κ2) is 8.09. The van der Waals surface area contributed by atoms with Gasteiger partial charge in [-0.25, -0.2) is 4.79 Å². The van der Waals surface area contributed by atoms with Gasteiger partial charge in [-0.2, -0.15) is 0 Å². The number of esters is 1. The summed E-state index contributed by atoms with van der Waals surface area (Å²) in [6.45, 7) is 1.00. The van der Waals surface area contributed by atoms with Gasteiger partial charge in [0.25, 0.3) is 0 Å². The van der Waals surface area contributed by atoms with E-state index in [2.05, 4.69) is 29.2 Å². The lowest BCUT2D eigenvalue weighted by atomic mass is 9.99. The van der Waals surface area contributed by atoms with Gasteiger partial charge in [-0.1, -0.05) is 66.7 Å². The zero-order chi connectivity index (χ0) is 19.3. The predicted molar refractivity (Wildman–Crippen MR) is 112 cm³/mol. The highest BCUT2D eigenvalue weighted by molar-refractivity contribution is 6.16. The number of carbonyl (C=O) groups excluding carboxylic acids is 1. The number of hydrogen-bond donors (Lipinski definition) is 0. The molecule has 0 spiro atoms. The standard InChI is InChI=1S/C24H22N2O2/c1-26-17-20(28-24(27)19-12-6-3-7-13-19)16-25-23(18-10-4-2-5-11-18)21-14-8-9-15-22(21)26/h2-15,20H,16-17H2,1H3. The highest BCUT2D eigenvalue weighted by Gasteiger charge is 2.23. The van der Waals surface area contributed by atoms with Crippen molar-refractivity contribution >= 4 is 17.4 Å². The van der Waals surface area contributed by atoms with Crippen molar-refractivity contribution in [3.8, 4) is 0 Å².